The Morgan fingerprint density at radius 3 is 2.36 bits per heavy atom. The number of hydrogen-bond acceptors (Lipinski definition) is 5. The van der Waals surface area contributed by atoms with Crippen molar-refractivity contribution in [1.29, 1.82) is 0 Å². The van der Waals surface area contributed by atoms with Crippen LogP contribution in [0.3, 0.4) is 0 Å². The van der Waals surface area contributed by atoms with E-state index in [1.165, 1.54) is 0 Å². The zero-order valence-corrected chi connectivity index (χ0v) is 17.1. The molecule has 1 heterocycles. The first-order valence-electron chi connectivity index (χ1n) is 9.61. The van der Waals surface area contributed by atoms with E-state index in [1.807, 2.05) is 50.2 Å². The van der Waals surface area contributed by atoms with Gasteiger partial charge in [0.15, 0.2) is 0 Å². The van der Waals surface area contributed by atoms with Crippen LogP contribution in [-0.2, 0) is 4.79 Å². The van der Waals surface area contributed by atoms with Gasteiger partial charge in [-0.15, -0.1) is 0 Å². The van der Waals surface area contributed by atoms with Crippen molar-refractivity contribution in [2.45, 2.75) is 19.9 Å². The summed E-state index contributed by atoms with van der Waals surface area (Å²) >= 11 is 0. The van der Waals surface area contributed by atoms with Crippen molar-refractivity contribution >= 4 is 17.3 Å². The first-order chi connectivity index (χ1) is 13.5. The van der Waals surface area contributed by atoms with Gasteiger partial charge in [0.1, 0.15) is 11.5 Å². The minimum Gasteiger partial charge on any atom is -0.495 e. The number of carbonyl (C=O) groups is 1. The van der Waals surface area contributed by atoms with Crippen LogP contribution in [0, 0.1) is 6.92 Å². The topological polar surface area (TPSA) is 54.0 Å². The van der Waals surface area contributed by atoms with E-state index in [-0.39, 0.29) is 11.9 Å². The Labute approximate surface area is 167 Å². The Balaban J connectivity index is 1.61. The van der Waals surface area contributed by atoms with Gasteiger partial charge in [0.25, 0.3) is 0 Å². The predicted octanol–water partition coefficient (Wildman–Crippen LogP) is 3.16. The molecule has 0 spiro atoms. The highest BCUT2D eigenvalue weighted by Gasteiger charge is 2.27. The number of benzene rings is 2. The minimum absolute atomic E-state index is 0.0189. The molecule has 6 nitrogen and oxygen atoms in total. The van der Waals surface area contributed by atoms with Gasteiger partial charge in [0.2, 0.25) is 5.91 Å². The molecular weight excluding hydrogens is 354 g/mol. The van der Waals surface area contributed by atoms with E-state index in [9.17, 15) is 4.79 Å². The van der Waals surface area contributed by atoms with E-state index in [2.05, 4.69) is 21.2 Å². The lowest BCUT2D eigenvalue weighted by molar-refractivity contribution is -0.120. The molecule has 6 heteroatoms. The van der Waals surface area contributed by atoms with Crippen molar-refractivity contribution in [3.05, 3.63) is 48.0 Å². The Bertz CT molecular complexity index is 816. The lowest BCUT2D eigenvalue weighted by Gasteiger charge is -2.38. The van der Waals surface area contributed by atoms with Gasteiger partial charge in [-0.25, -0.2) is 0 Å². The summed E-state index contributed by atoms with van der Waals surface area (Å²) < 4.78 is 10.8. The summed E-state index contributed by atoms with van der Waals surface area (Å²) in [5.74, 6) is 1.54. The Morgan fingerprint density at radius 1 is 1.00 bits per heavy atom. The average molecular weight is 383 g/mol. The fourth-order valence-corrected chi connectivity index (χ4v) is 3.56. The van der Waals surface area contributed by atoms with Gasteiger partial charge in [-0.1, -0.05) is 18.2 Å². The molecule has 1 aliphatic rings. The van der Waals surface area contributed by atoms with Gasteiger partial charge in [-0.2, -0.15) is 0 Å². The Hall–Kier alpha value is -2.73. The number of aryl methyl sites for hydroxylation is 1. The smallest absolute Gasteiger partial charge is 0.241 e. The molecule has 0 saturated carbocycles. The maximum Gasteiger partial charge on any atom is 0.241 e. The van der Waals surface area contributed by atoms with Gasteiger partial charge in [-0.3, -0.25) is 9.69 Å². The van der Waals surface area contributed by atoms with Crippen molar-refractivity contribution in [2.24, 2.45) is 0 Å². The van der Waals surface area contributed by atoms with Gasteiger partial charge in [-0.05, 0) is 43.7 Å². The van der Waals surface area contributed by atoms with Crippen LogP contribution in [0.5, 0.6) is 11.5 Å². The fourth-order valence-electron chi connectivity index (χ4n) is 3.56. The molecule has 3 rings (SSSR count). The van der Waals surface area contributed by atoms with Gasteiger partial charge in [0.05, 0.1) is 31.6 Å². The SMILES string of the molecule is COc1ccc(C)cc1NC(=O)[C@@H](C)N1CCN(c2ccccc2OC)CC1. The van der Waals surface area contributed by atoms with E-state index in [4.69, 9.17) is 9.47 Å². The number of anilines is 2. The summed E-state index contributed by atoms with van der Waals surface area (Å²) in [6.45, 7) is 7.29. The molecule has 2 aromatic carbocycles. The van der Waals surface area contributed by atoms with Crippen molar-refractivity contribution in [2.75, 3.05) is 50.6 Å². The number of rotatable bonds is 6. The Morgan fingerprint density at radius 2 is 1.68 bits per heavy atom. The van der Waals surface area contributed by atoms with Crippen LogP contribution in [0.25, 0.3) is 0 Å². The normalized spacial score (nSPS) is 15.8. The predicted molar refractivity (Wildman–Crippen MR) is 113 cm³/mol. The van der Waals surface area contributed by atoms with Gasteiger partial charge >= 0.3 is 0 Å². The van der Waals surface area contributed by atoms with Crippen molar-refractivity contribution < 1.29 is 14.3 Å². The molecule has 1 saturated heterocycles. The molecule has 0 aliphatic carbocycles. The van der Waals surface area contributed by atoms with Crippen LogP contribution in [0.15, 0.2) is 42.5 Å². The maximum atomic E-state index is 12.8. The average Bonchev–Trinajstić information content (AvgIpc) is 2.73. The van der Waals surface area contributed by atoms with Crippen LogP contribution in [0.2, 0.25) is 0 Å². The number of methoxy groups -OCH3 is 2. The van der Waals surface area contributed by atoms with Crippen molar-refractivity contribution in [1.82, 2.24) is 4.90 Å². The monoisotopic (exact) mass is 383 g/mol. The van der Waals surface area contributed by atoms with E-state index < -0.39 is 0 Å². The number of piperazine rings is 1. The summed E-state index contributed by atoms with van der Waals surface area (Å²) in [5.41, 5.74) is 2.90. The molecular formula is C22H29N3O3. The molecule has 0 aromatic heterocycles. The second-order valence-electron chi connectivity index (χ2n) is 7.06. The highest BCUT2D eigenvalue weighted by Crippen LogP contribution is 2.29. The Kier molecular flexibility index (Phi) is 6.41. The third kappa shape index (κ3) is 4.39. The number of ether oxygens (including phenoxy) is 2. The number of hydrogen-bond donors (Lipinski definition) is 1. The van der Waals surface area contributed by atoms with Crippen molar-refractivity contribution in [3.63, 3.8) is 0 Å². The van der Waals surface area contributed by atoms with Crippen molar-refractivity contribution in [3.8, 4) is 11.5 Å². The third-order valence-corrected chi connectivity index (χ3v) is 5.28. The molecule has 1 atom stereocenters. The molecule has 2 aromatic rings. The second kappa shape index (κ2) is 8.97. The fraction of sp³-hybridized carbons (Fsp3) is 0.409. The van der Waals surface area contributed by atoms with Crippen LogP contribution < -0.4 is 19.7 Å². The zero-order chi connectivity index (χ0) is 20.1. The summed E-state index contributed by atoms with van der Waals surface area (Å²) in [6.07, 6.45) is 0. The third-order valence-electron chi connectivity index (χ3n) is 5.28. The molecule has 150 valence electrons. The first-order valence-corrected chi connectivity index (χ1v) is 9.61. The van der Waals surface area contributed by atoms with E-state index in [1.54, 1.807) is 14.2 Å². The van der Waals surface area contributed by atoms with Gasteiger partial charge in [0, 0.05) is 26.2 Å². The molecule has 1 fully saturated rings. The number of amides is 1. The highest BCUT2D eigenvalue weighted by atomic mass is 16.5. The second-order valence-corrected chi connectivity index (χ2v) is 7.06. The lowest BCUT2D eigenvalue weighted by atomic mass is 10.1. The number of para-hydroxylation sites is 2. The van der Waals surface area contributed by atoms with Crippen LogP contribution >= 0.6 is 0 Å². The van der Waals surface area contributed by atoms with E-state index in [0.717, 1.165) is 43.2 Å². The summed E-state index contributed by atoms with van der Waals surface area (Å²) in [5, 5.41) is 3.02. The van der Waals surface area contributed by atoms with Gasteiger partial charge < -0.3 is 19.7 Å². The molecule has 0 bridgehead atoms. The first kappa shape index (κ1) is 20.0. The number of nitrogens with zero attached hydrogens (tertiary/aromatic N) is 2. The summed E-state index contributed by atoms with van der Waals surface area (Å²) in [6, 6.07) is 13.6. The standard InChI is InChI=1S/C22H29N3O3/c1-16-9-10-20(27-3)18(15-16)23-22(26)17(2)24-11-13-25(14-12-24)19-7-5-6-8-21(19)28-4/h5-10,15,17H,11-14H2,1-4H3,(H,23,26)/t17-/m1/s1. The molecule has 1 N–H and O–H groups in total. The zero-order valence-electron chi connectivity index (χ0n) is 17.1. The largest absolute Gasteiger partial charge is 0.495 e. The van der Waals surface area contributed by atoms with E-state index in [0.29, 0.717) is 11.4 Å². The molecule has 1 aliphatic heterocycles. The summed E-state index contributed by atoms with van der Waals surface area (Å²) in [7, 11) is 3.31. The molecule has 28 heavy (non-hydrogen) atoms. The maximum absolute atomic E-state index is 12.8. The highest BCUT2D eigenvalue weighted by molar-refractivity contribution is 5.96. The summed E-state index contributed by atoms with van der Waals surface area (Å²) in [4.78, 5) is 17.3. The quantitative estimate of drug-likeness (QED) is 0.830. The number of nitrogens with one attached hydrogen (secondary N) is 1. The van der Waals surface area contributed by atoms with Crippen LogP contribution in [-0.4, -0.2) is 57.2 Å². The molecule has 0 unspecified atom stereocenters. The minimum atomic E-state index is -0.218. The van der Waals surface area contributed by atoms with Crippen LogP contribution in [0.1, 0.15) is 12.5 Å². The number of carbonyl (C=O) groups excluding carboxylic acids is 1. The van der Waals surface area contributed by atoms with Crippen LogP contribution in [0.4, 0.5) is 11.4 Å². The molecule has 1 amide bonds. The van der Waals surface area contributed by atoms with E-state index >= 15 is 0 Å². The molecule has 0 radical (unpaired) electrons. The lowest BCUT2D eigenvalue weighted by Crippen LogP contribution is -2.52.